The number of ketones is 1. The van der Waals surface area contributed by atoms with Gasteiger partial charge < -0.3 is 9.47 Å². The molecule has 0 aromatic heterocycles. The molecule has 4 aromatic rings. The Hall–Kier alpha value is -3.57. The number of ether oxygens (including phenoxy) is 2. The van der Waals surface area contributed by atoms with Crippen LogP contribution in [0.25, 0.3) is 21.9 Å². The van der Waals surface area contributed by atoms with Crippen molar-refractivity contribution in [3.8, 4) is 16.9 Å². The van der Waals surface area contributed by atoms with E-state index in [4.69, 9.17) is 9.47 Å². The second-order valence-electron chi connectivity index (χ2n) is 7.38. The van der Waals surface area contributed by atoms with E-state index in [2.05, 4.69) is 0 Å². The van der Waals surface area contributed by atoms with Gasteiger partial charge in [-0.15, -0.1) is 11.8 Å². The van der Waals surface area contributed by atoms with Gasteiger partial charge in [0.25, 0.3) is 0 Å². The topological polar surface area (TPSA) is 52.6 Å². The van der Waals surface area contributed by atoms with E-state index in [1.165, 1.54) is 11.8 Å². The molecule has 0 amide bonds. The second-order valence-corrected chi connectivity index (χ2v) is 8.40. The van der Waals surface area contributed by atoms with Gasteiger partial charge in [-0.25, -0.2) is 0 Å². The Bertz CT molecular complexity index is 1310. The van der Waals surface area contributed by atoms with E-state index >= 15 is 0 Å². The number of fused-ring (bicyclic) bond motifs is 2. The smallest absolute Gasteiger partial charge is 0.316 e. The molecule has 5 heteroatoms. The number of hydrogen-bond donors (Lipinski definition) is 0. The molecule has 0 spiro atoms. The summed E-state index contributed by atoms with van der Waals surface area (Å²) in [6.07, 6.45) is 0. The maximum Gasteiger partial charge on any atom is 0.316 e. The zero-order chi connectivity index (χ0) is 21.9. The molecule has 0 heterocycles. The molecule has 0 aliphatic heterocycles. The summed E-state index contributed by atoms with van der Waals surface area (Å²) in [5, 5.41) is 1.93. The second kappa shape index (κ2) is 8.89. The van der Waals surface area contributed by atoms with Crippen molar-refractivity contribution in [2.75, 3.05) is 19.0 Å². The van der Waals surface area contributed by atoms with Crippen molar-refractivity contribution in [3.63, 3.8) is 0 Å². The van der Waals surface area contributed by atoms with Gasteiger partial charge in [-0.3, -0.25) is 9.59 Å². The van der Waals surface area contributed by atoms with Crippen molar-refractivity contribution in [2.24, 2.45) is 0 Å². The highest BCUT2D eigenvalue weighted by Gasteiger charge is 2.25. The van der Waals surface area contributed by atoms with Crippen LogP contribution in [-0.2, 0) is 9.53 Å². The van der Waals surface area contributed by atoms with Crippen LogP contribution in [0.2, 0.25) is 0 Å². The van der Waals surface area contributed by atoms with Crippen LogP contribution in [0.15, 0.2) is 89.8 Å². The van der Waals surface area contributed by atoms with Gasteiger partial charge in [-0.1, -0.05) is 66.7 Å². The van der Waals surface area contributed by atoms with Crippen LogP contribution in [0.3, 0.4) is 0 Å². The summed E-state index contributed by atoms with van der Waals surface area (Å²) >= 11 is 1.42. The Morgan fingerprint density at radius 3 is 2.31 bits per heavy atom. The van der Waals surface area contributed by atoms with Crippen LogP contribution < -0.4 is 4.74 Å². The summed E-state index contributed by atoms with van der Waals surface area (Å²) in [7, 11) is 0. The number of para-hydroxylation sites is 1. The molecule has 1 aliphatic carbocycles. The number of carbonyl (C=O) groups excluding carboxylic acids is 2. The van der Waals surface area contributed by atoms with Crippen molar-refractivity contribution in [3.05, 3.63) is 96.1 Å². The highest BCUT2D eigenvalue weighted by Crippen LogP contribution is 2.42. The van der Waals surface area contributed by atoms with Gasteiger partial charge in [0, 0.05) is 21.4 Å². The average Bonchev–Trinajstić information content (AvgIpc) is 2.84. The minimum Gasteiger partial charge on any atom is -0.490 e. The zero-order valence-corrected chi connectivity index (χ0v) is 18.1. The number of rotatable bonds is 7. The monoisotopic (exact) mass is 440 g/mol. The predicted octanol–water partition coefficient (Wildman–Crippen LogP) is 5.77. The Balaban J connectivity index is 1.28. The Kier molecular flexibility index (Phi) is 5.65. The molecule has 32 heavy (non-hydrogen) atoms. The molecule has 0 bridgehead atoms. The van der Waals surface area contributed by atoms with Crippen molar-refractivity contribution < 1.29 is 19.1 Å². The molecule has 0 radical (unpaired) electrons. The summed E-state index contributed by atoms with van der Waals surface area (Å²) in [5.41, 5.74) is 3.44. The van der Waals surface area contributed by atoms with E-state index in [1.807, 2.05) is 84.9 Å². The summed E-state index contributed by atoms with van der Waals surface area (Å²) in [6, 6.07) is 27.0. The molecule has 4 nitrogen and oxygen atoms in total. The van der Waals surface area contributed by atoms with Crippen LogP contribution in [0, 0.1) is 0 Å². The Morgan fingerprint density at radius 1 is 0.719 bits per heavy atom. The van der Waals surface area contributed by atoms with E-state index in [9.17, 15) is 9.59 Å². The number of benzene rings is 4. The summed E-state index contributed by atoms with van der Waals surface area (Å²) in [6.45, 7) is 0.506. The fourth-order valence-electron chi connectivity index (χ4n) is 3.99. The largest absolute Gasteiger partial charge is 0.490 e. The fourth-order valence-corrected chi connectivity index (χ4v) is 4.84. The number of hydrogen-bond acceptors (Lipinski definition) is 5. The van der Waals surface area contributed by atoms with E-state index in [0.717, 1.165) is 38.1 Å². The molecule has 0 saturated heterocycles. The van der Waals surface area contributed by atoms with Crippen LogP contribution in [0.4, 0.5) is 0 Å². The molecule has 0 N–H and O–H groups in total. The zero-order valence-electron chi connectivity index (χ0n) is 17.2. The lowest BCUT2D eigenvalue weighted by Crippen LogP contribution is -2.14. The number of thioether (sulfide) groups is 1. The molecule has 0 fully saturated rings. The number of carbonyl (C=O) groups is 2. The quantitative estimate of drug-likeness (QED) is 0.183. The maximum absolute atomic E-state index is 13.0. The van der Waals surface area contributed by atoms with Gasteiger partial charge in [0.05, 0.1) is 5.75 Å². The van der Waals surface area contributed by atoms with Crippen molar-refractivity contribution in [1.82, 2.24) is 0 Å². The van der Waals surface area contributed by atoms with Crippen LogP contribution in [-0.4, -0.2) is 30.7 Å². The van der Waals surface area contributed by atoms with Crippen molar-refractivity contribution >= 4 is 34.3 Å². The summed E-state index contributed by atoms with van der Waals surface area (Å²) in [5.74, 6) is 0.680. The molecule has 1 aliphatic rings. The van der Waals surface area contributed by atoms with E-state index in [0.29, 0.717) is 12.2 Å². The van der Waals surface area contributed by atoms with Gasteiger partial charge in [-0.2, -0.15) is 0 Å². The van der Waals surface area contributed by atoms with Gasteiger partial charge in [0.2, 0.25) is 0 Å². The van der Waals surface area contributed by atoms with E-state index < -0.39 is 0 Å². The molecule has 4 aromatic carbocycles. The van der Waals surface area contributed by atoms with Crippen molar-refractivity contribution in [2.45, 2.75) is 4.90 Å². The van der Waals surface area contributed by atoms with Crippen LogP contribution in [0.5, 0.6) is 5.75 Å². The molecule has 0 atom stereocenters. The summed E-state index contributed by atoms with van der Waals surface area (Å²) < 4.78 is 10.8. The Morgan fingerprint density at radius 2 is 1.47 bits per heavy atom. The predicted molar refractivity (Wildman–Crippen MR) is 126 cm³/mol. The Labute approximate surface area is 190 Å². The normalized spacial score (nSPS) is 11.8. The van der Waals surface area contributed by atoms with Gasteiger partial charge in [0.15, 0.2) is 5.78 Å². The van der Waals surface area contributed by atoms with Gasteiger partial charge >= 0.3 is 5.97 Å². The summed E-state index contributed by atoms with van der Waals surface area (Å²) in [4.78, 5) is 26.2. The van der Waals surface area contributed by atoms with Gasteiger partial charge in [0.1, 0.15) is 19.0 Å². The highest BCUT2D eigenvalue weighted by molar-refractivity contribution is 8.00. The van der Waals surface area contributed by atoms with E-state index in [1.54, 1.807) is 0 Å². The molecule has 0 saturated carbocycles. The third kappa shape index (κ3) is 3.87. The number of esters is 1. The third-order valence-electron chi connectivity index (χ3n) is 5.41. The molecular weight excluding hydrogens is 420 g/mol. The van der Waals surface area contributed by atoms with E-state index in [-0.39, 0.29) is 24.1 Å². The van der Waals surface area contributed by atoms with Crippen LogP contribution in [0.1, 0.15) is 15.9 Å². The molecule has 5 rings (SSSR count). The first-order valence-electron chi connectivity index (χ1n) is 10.4. The third-order valence-corrected chi connectivity index (χ3v) is 6.46. The first kappa shape index (κ1) is 20.3. The minimum absolute atomic E-state index is 0.0404. The average molecular weight is 441 g/mol. The molecular formula is C27H20O4S. The van der Waals surface area contributed by atoms with Crippen molar-refractivity contribution in [1.29, 1.82) is 0 Å². The molecule has 0 unspecified atom stereocenters. The lowest BCUT2D eigenvalue weighted by atomic mass is 9.83. The SMILES string of the molecule is O=C(CSc1ccc2c3c(cccc13)C(=O)c1ccccc1-2)OCCOc1ccccc1. The fraction of sp³-hybridized carbons (Fsp3) is 0.111. The van der Waals surface area contributed by atoms with Crippen LogP contribution >= 0.6 is 11.8 Å². The lowest BCUT2D eigenvalue weighted by molar-refractivity contribution is -0.141. The standard InChI is InChI=1S/C27H20O4S/c28-25(31-16-15-30-18-7-2-1-3-8-18)17-32-24-14-13-20-19-9-4-5-10-21(19)27(29)23-12-6-11-22(24)26(20)23/h1-14H,15-17H2. The maximum atomic E-state index is 13.0. The first-order valence-corrected chi connectivity index (χ1v) is 11.4. The lowest BCUT2D eigenvalue weighted by Gasteiger charge is -2.21. The minimum atomic E-state index is -0.298. The van der Waals surface area contributed by atoms with Gasteiger partial charge in [-0.05, 0) is 34.7 Å². The highest BCUT2D eigenvalue weighted by atomic mass is 32.2. The molecule has 158 valence electrons. The first-order chi connectivity index (χ1) is 15.7.